The molecular formula is C12H17ClN2O3. The molecular weight excluding hydrogens is 256 g/mol. The number of anilines is 1. The van der Waals surface area contributed by atoms with E-state index in [1.54, 1.807) is 12.1 Å². The van der Waals surface area contributed by atoms with E-state index in [0.29, 0.717) is 29.3 Å². The third-order valence-corrected chi connectivity index (χ3v) is 2.68. The Labute approximate surface area is 111 Å². The molecule has 18 heavy (non-hydrogen) atoms. The van der Waals surface area contributed by atoms with Gasteiger partial charge in [0.25, 0.3) is 5.91 Å². The quantitative estimate of drug-likeness (QED) is 0.676. The molecule has 1 aromatic carbocycles. The molecule has 1 amide bonds. The predicted molar refractivity (Wildman–Crippen MR) is 70.7 cm³/mol. The van der Waals surface area contributed by atoms with Crippen LogP contribution in [0, 0.1) is 0 Å². The van der Waals surface area contributed by atoms with Gasteiger partial charge in [-0.1, -0.05) is 11.6 Å². The third-order valence-electron chi connectivity index (χ3n) is 2.44. The lowest BCUT2D eigenvalue weighted by Crippen LogP contribution is -2.39. The van der Waals surface area contributed by atoms with Gasteiger partial charge in [0.05, 0.1) is 18.2 Å². The molecule has 0 saturated carbocycles. The number of aliphatic hydroxyl groups excluding tert-OH is 1. The summed E-state index contributed by atoms with van der Waals surface area (Å²) in [4.78, 5) is 12.0. The zero-order chi connectivity index (χ0) is 13.5. The molecule has 100 valence electrons. The number of ether oxygens (including phenoxy) is 1. The first-order valence-corrected chi connectivity index (χ1v) is 5.92. The fourth-order valence-corrected chi connectivity index (χ4v) is 1.71. The Balaban J connectivity index is 2.76. The average molecular weight is 273 g/mol. The van der Waals surface area contributed by atoms with Crippen LogP contribution in [0.3, 0.4) is 0 Å². The van der Waals surface area contributed by atoms with E-state index < -0.39 is 0 Å². The molecule has 0 aliphatic rings. The number of nitrogen functional groups attached to an aromatic ring is 1. The molecule has 0 bridgehead atoms. The van der Waals surface area contributed by atoms with Crippen LogP contribution < -0.4 is 11.1 Å². The number of aliphatic hydroxyl groups is 1. The predicted octanol–water partition coefficient (Wildman–Crippen LogP) is 1.05. The summed E-state index contributed by atoms with van der Waals surface area (Å²) in [5.41, 5.74) is 6.39. The Hall–Kier alpha value is -1.30. The normalized spacial score (nSPS) is 12.2. The molecule has 0 radical (unpaired) electrons. The molecule has 0 heterocycles. The largest absolute Gasteiger partial charge is 0.398 e. The number of methoxy groups -OCH3 is 1. The van der Waals surface area contributed by atoms with Gasteiger partial charge in [-0.25, -0.2) is 0 Å². The number of amides is 1. The van der Waals surface area contributed by atoms with Gasteiger partial charge in [0.1, 0.15) is 0 Å². The highest BCUT2D eigenvalue weighted by Gasteiger charge is 2.15. The summed E-state index contributed by atoms with van der Waals surface area (Å²) in [6.07, 6.45) is 0.417. The molecule has 4 N–H and O–H groups in total. The number of carbonyl (C=O) groups is 1. The van der Waals surface area contributed by atoms with Crippen molar-refractivity contribution in [3.63, 3.8) is 0 Å². The van der Waals surface area contributed by atoms with Gasteiger partial charge in [0.2, 0.25) is 0 Å². The van der Waals surface area contributed by atoms with E-state index in [1.807, 2.05) is 0 Å². The second-order valence-electron chi connectivity index (χ2n) is 3.87. The third kappa shape index (κ3) is 4.18. The van der Waals surface area contributed by atoms with Crippen molar-refractivity contribution < 1.29 is 14.6 Å². The van der Waals surface area contributed by atoms with Crippen LogP contribution >= 0.6 is 11.6 Å². The lowest BCUT2D eigenvalue weighted by molar-refractivity contribution is 0.0879. The number of benzene rings is 1. The molecule has 5 nitrogen and oxygen atoms in total. The zero-order valence-electron chi connectivity index (χ0n) is 10.1. The Morgan fingerprint density at radius 2 is 2.33 bits per heavy atom. The fourth-order valence-electron chi connectivity index (χ4n) is 1.54. The van der Waals surface area contributed by atoms with Crippen LogP contribution in [-0.2, 0) is 4.74 Å². The van der Waals surface area contributed by atoms with Gasteiger partial charge in [-0.15, -0.1) is 0 Å². The average Bonchev–Trinajstić information content (AvgIpc) is 2.33. The summed E-state index contributed by atoms with van der Waals surface area (Å²) in [7, 11) is 1.53. The van der Waals surface area contributed by atoms with E-state index >= 15 is 0 Å². The van der Waals surface area contributed by atoms with Crippen molar-refractivity contribution in [2.45, 2.75) is 12.5 Å². The van der Waals surface area contributed by atoms with Gasteiger partial charge in [-0.2, -0.15) is 0 Å². The number of halogens is 1. The van der Waals surface area contributed by atoms with E-state index in [1.165, 1.54) is 13.2 Å². The van der Waals surface area contributed by atoms with Crippen LogP contribution in [0.1, 0.15) is 16.8 Å². The Bertz CT molecular complexity index is 406. The van der Waals surface area contributed by atoms with Crippen LogP contribution in [-0.4, -0.2) is 37.4 Å². The highest BCUT2D eigenvalue weighted by Crippen LogP contribution is 2.17. The number of hydrogen-bond acceptors (Lipinski definition) is 4. The Kier molecular flexibility index (Phi) is 5.91. The summed E-state index contributed by atoms with van der Waals surface area (Å²) in [6, 6.07) is 4.45. The molecule has 0 saturated heterocycles. The van der Waals surface area contributed by atoms with Crippen LogP contribution in [0.5, 0.6) is 0 Å². The minimum absolute atomic E-state index is 0.0284. The molecule has 0 aliphatic carbocycles. The smallest absolute Gasteiger partial charge is 0.253 e. The molecule has 0 aromatic heterocycles. The van der Waals surface area contributed by atoms with Crippen molar-refractivity contribution in [3.8, 4) is 0 Å². The van der Waals surface area contributed by atoms with Crippen LogP contribution in [0.25, 0.3) is 0 Å². The van der Waals surface area contributed by atoms with E-state index in [0.717, 1.165) is 0 Å². The maximum Gasteiger partial charge on any atom is 0.253 e. The molecule has 0 spiro atoms. The summed E-state index contributed by atoms with van der Waals surface area (Å²) < 4.78 is 4.96. The number of rotatable bonds is 6. The van der Waals surface area contributed by atoms with Gasteiger partial charge >= 0.3 is 0 Å². The molecule has 1 rings (SSSR count). The van der Waals surface area contributed by atoms with Gasteiger partial charge in [0, 0.05) is 24.4 Å². The van der Waals surface area contributed by atoms with Gasteiger partial charge < -0.3 is 20.9 Å². The summed E-state index contributed by atoms with van der Waals surface area (Å²) in [6.45, 7) is 0.298. The standard InChI is InChI=1S/C12H17ClN2O3/c1-18-7-9(4-5-16)15-12(17)10-6-8(13)2-3-11(10)14/h2-3,6,9,16H,4-5,7,14H2,1H3,(H,15,17). The van der Waals surface area contributed by atoms with Crippen molar-refractivity contribution in [2.24, 2.45) is 0 Å². The zero-order valence-corrected chi connectivity index (χ0v) is 10.9. The molecule has 1 aromatic rings. The molecule has 0 fully saturated rings. The maximum atomic E-state index is 12.0. The number of nitrogens with two attached hydrogens (primary N) is 1. The Morgan fingerprint density at radius 1 is 1.61 bits per heavy atom. The first kappa shape index (κ1) is 14.8. The highest BCUT2D eigenvalue weighted by atomic mass is 35.5. The summed E-state index contributed by atoms with van der Waals surface area (Å²) >= 11 is 5.82. The number of nitrogens with one attached hydrogen (secondary N) is 1. The molecule has 6 heteroatoms. The lowest BCUT2D eigenvalue weighted by Gasteiger charge is -2.17. The topological polar surface area (TPSA) is 84.6 Å². The van der Waals surface area contributed by atoms with Crippen LogP contribution in [0.2, 0.25) is 5.02 Å². The fraction of sp³-hybridized carbons (Fsp3) is 0.417. The second-order valence-corrected chi connectivity index (χ2v) is 4.31. The first-order valence-electron chi connectivity index (χ1n) is 5.54. The van der Waals surface area contributed by atoms with E-state index in [-0.39, 0.29) is 18.6 Å². The highest BCUT2D eigenvalue weighted by molar-refractivity contribution is 6.31. The minimum Gasteiger partial charge on any atom is -0.398 e. The summed E-state index contributed by atoms with van der Waals surface area (Å²) in [5.74, 6) is -0.328. The SMILES string of the molecule is COCC(CCO)NC(=O)c1cc(Cl)ccc1N. The lowest BCUT2D eigenvalue weighted by atomic mass is 10.1. The molecule has 1 atom stereocenters. The van der Waals surface area contributed by atoms with Crippen molar-refractivity contribution in [3.05, 3.63) is 28.8 Å². The maximum absolute atomic E-state index is 12.0. The first-order chi connectivity index (χ1) is 8.58. The summed E-state index contributed by atoms with van der Waals surface area (Å²) in [5, 5.41) is 12.1. The number of carbonyl (C=O) groups excluding carboxylic acids is 1. The van der Waals surface area contributed by atoms with Gasteiger partial charge in [0.15, 0.2) is 0 Å². The minimum atomic E-state index is -0.328. The molecule has 1 unspecified atom stereocenters. The molecule has 0 aliphatic heterocycles. The monoisotopic (exact) mass is 272 g/mol. The van der Waals surface area contributed by atoms with E-state index in [4.69, 9.17) is 27.2 Å². The van der Waals surface area contributed by atoms with Crippen molar-refractivity contribution in [2.75, 3.05) is 26.1 Å². The number of hydrogen-bond donors (Lipinski definition) is 3. The Morgan fingerprint density at radius 3 is 2.94 bits per heavy atom. The van der Waals surface area contributed by atoms with Crippen molar-refractivity contribution >= 4 is 23.2 Å². The van der Waals surface area contributed by atoms with Gasteiger partial charge in [-0.3, -0.25) is 4.79 Å². The second kappa shape index (κ2) is 7.20. The van der Waals surface area contributed by atoms with Crippen molar-refractivity contribution in [1.29, 1.82) is 0 Å². The van der Waals surface area contributed by atoms with Crippen LogP contribution in [0.4, 0.5) is 5.69 Å². The van der Waals surface area contributed by atoms with E-state index in [2.05, 4.69) is 5.32 Å². The van der Waals surface area contributed by atoms with Crippen molar-refractivity contribution in [1.82, 2.24) is 5.32 Å². The van der Waals surface area contributed by atoms with Gasteiger partial charge in [-0.05, 0) is 24.6 Å². The van der Waals surface area contributed by atoms with E-state index in [9.17, 15) is 4.79 Å². The van der Waals surface area contributed by atoms with Crippen LogP contribution in [0.15, 0.2) is 18.2 Å².